The van der Waals surface area contributed by atoms with Crippen LogP contribution in [0.25, 0.3) is 0 Å². The SMILES string of the molecule is COC(=O)c1ccc(C(=O)O)cc1.COC(=O)c1ccc(C(=O)O)cc1. The maximum absolute atomic E-state index is 10.9. The summed E-state index contributed by atoms with van der Waals surface area (Å²) in [4.78, 5) is 42.7. The number of esters is 2. The zero-order valence-corrected chi connectivity index (χ0v) is 14.0. The number of carbonyl (C=O) groups excluding carboxylic acids is 2. The molecule has 0 amide bonds. The molecule has 0 heterocycles. The highest BCUT2D eigenvalue weighted by molar-refractivity contribution is 5.93. The van der Waals surface area contributed by atoms with Gasteiger partial charge in [-0.3, -0.25) is 0 Å². The lowest BCUT2D eigenvalue weighted by atomic mass is 10.1. The van der Waals surface area contributed by atoms with Gasteiger partial charge in [0.25, 0.3) is 0 Å². The molecule has 0 aliphatic heterocycles. The second-order valence-corrected chi connectivity index (χ2v) is 4.75. The van der Waals surface area contributed by atoms with E-state index in [2.05, 4.69) is 9.47 Å². The van der Waals surface area contributed by atoms with Crippen molar-refractivity contribution >= 4 is 23.9 Å². The molecule has 0 saturated carbocycles. The van der Waals surface area contributed by atoms with Gasteiger partial charge in [0.1, 0.15) is 0 Å². The summed E-state index contributed by atoms with van der Waals surface area (Å²) >= 11 is 0. The van der Waals surface area contributed by atoms with Gasteiger partial charge in [-0.1, -0.05) is 0 Å². The maximum atomic E-state index is 10.9. The van der Waals surface area contributed by atoms with Crippen LogP contribution in [0.2, 0.25) is 0 Å². The third-order valence-corrected chi connectivity index (χ3v) is 3.11. The molecule has 0 atom stereocenters. The van der Waals surface area contributed by atoms with Crippen LogP contribution in [0, 0.1) is 0 Å². The van der Waals surface area contributed by atoms with E-state index in [0.29, 0.717) is 11.1 Å². The van der Waals surface area contributed by atoms with Crippen molar-refractivity contribution in [2.24, 2.45) is 0 Å². The summed E-state index contributed by atoms with van der Waals surface area (Å²) in [5.41, 5.74) is 0.973. The van der Waals surface area contributed by atoms with E-state index in [9.17, 15) is 19.2 Å². The summed E-state index contributed by atoms with van der Waals surface area (Å²) in [6.07, 6.45) is 0. The first-order valence-corrected chi connectivity index (χ1v) is 7.13. The molecule has 2 N–H and O–H groups in total. The van der Waals surface area contributed by atoms with E-state index in [0.717, 1.165) is 0 Å². The van der Waals surface area contributed by atoms with Crippen molar-refractivity contribution in [3.05, 3.63) is 70.8 Å². The van der Waals surface area contributed by atoms with Crippen molar-refractivity contribution in [2.45, 2.75) is 0 Å². The first-order valence-electron chi connectivity index (χ1n) is 7.13. The van der Waals surface area contributed by atoms with Gasteiger partial charge in [-0.25, -0.2) is 19.2 Å². The van der Waals surface area contributed by atoms with E-state index >= 15 is 0 Å². The van der Waals surface area contributed by atoms with Crippen LogP contribution in [0.15, 0.2) is 48.5 Å². The zero-order chi connectivity index (χ0) is 19.7. The molecule has 2 aromatic rings. The van der Waals surface area contributed by atoms with Crippen LogP contribution in [0.3, 0.4) is 0 Å². The molecule has 0 radical (unpaired) electrons. The van der Waals surface area contributed by atoms with Crippen molar-refractivity contribution in [1.82, 2.24) is 0 Å². The largest absolute Gasteiger partial charge is 0.478 e. The van der Waals surface area contributed by atoms with E-state index in [1.54, 1.807) is 0 Å². The van der Waals surface area contributed by atoms with Gasteiger partial charge in [-0.05, 0) is 48.5 Å². The van der Waals surface area contributed by atoms with Gasteiger partial charge in [-0.2, -0.15) is 0 Å². The number of methoxy groups -OCH3 is 2. The minimum absolute atomic E-state index is 0.146. The molecule has 0 unspecified atom stereocenters. The van der Waals surface area contributed by atoms with Gasteiger partial charge >= 0.3 is 23.9 Å². The number of ether oxygens (including phenoxy) is 2. The lowest BCUT2D eigenvalue weighted by molar-refractivity contribution is 0.0591. The molecule has 0 aliphatic rings. The number of aromatic carboxylic acids is 2. The van der Waals surface area contributed by atoms with E-state index in [1.165, 1.54) is 62.8 Å². The Bertz CT molecular complexity index is 721. The third-order valence-electron chi connectivity index (χ3n) is 3.11. The first kappa shape index (κ1) is 20.4. The van der Waals surface area contributed by atoms with E-state index in [1.807, 2.05) is 0 Å². The van der Waals surface area contributed by atoms with Crippen LogP contribution < -0.4 is 0 Å². The summed E-state index contributed by atoms with van der Waals surface area (Å²) < 4.78 is 8.90. The zero-order valence-electron chi connectivity index (χ0n) is 14.0. The fraction of sp³-hybridized carbons (Fsp3) is 0.111. The van der Waals surface area contributed by atoms with Crippen molar-refractivity contribution < 1.29 is 38.9 Å². The molecule has 0 aliphatic carbocycles. The highest BCUT2D eigenvalue weighted by Gasteiger charge is 2.07. The number of rotatable bonds is 4. The molecule has 2 rings (SSSR count). The molecular formula is C18H16O8. The lowest BCUT2D eigenvalue weighted by Gasteiger charge is -1.98. The molecule has 8 heteroatoms. The summed E-state index contributed by atoms with van der Waals surface area (Å²) in [6.45, 7) is 0. The number of benzene rings is 2. The molecule has 0 saturated heterocycles. The summed E-state index contributed by atoms with van der Waals surface area (Å²) in [5.74, 6) is -2.98. The molecule has 0 spiro atoms. The van der Waals surface area contributed by atoms with Crippen LogP contribution in [-0.2, 0) is 9.47 Å². The van der Waals surface area contributed by atoms with Gasteiger partial charge in [-0.15, -0.1) is 0 Å². The number of hydrogen-bond acceptors (Lipinski definition) is 6. The smallest absolute Gasteiger partial charge is 0.337 e. The normalized spacial score (nSPS) is 9.31. The van der Waals surface area contributed by atoms with Crippen LogP contribution in [0.5, 0.6) is 0 Å². The number of carboxylic acids is 2. The summed E-state index contributed by atoms with van der Waals surface area (Å²) in [7, 11) is 2.54. The standard InChI is InChI=1S/2C9H8O4/c2*1-13-9(12)7-4-2-6(3-5-7)8(10)11/h2*2-5H,1H3,(H,10,11). The fourth-order valence-corrected chi connectivity index (χ4v) is 1.73. The Hall–Kier alpha value is -3.68. The van der Waals surface area contributed by atoms with Gasteiger partial charge in [0.2, 0.25) is 0 Å². The Kier molecular flexibility index (Phi) is 7.50. The van der Waals surface area contributed by atoms with Crippen molar-refractivity contribution in [3.8, 4) is 0 Å². The lowest BCUT2D eigenvalue weighted by Crippen LogP contribution is -2.02. The Morgan fingerprint density at radius 2 is 0.808 bits per heavy atom. The van der Waals surface area contributed by atoms with Gasteiger partial charge in [0.15, 0.2) is 0 Å². The number of carbonyl (C=O) groups is 4. The predicted octanol–water partition coefficient (Wildman–Crippen LogP) is 2.34. The van der Waals surface area contributed by atoms with Gasteiger partial charge < -0.3 is 19.7 Å². The summed E-state index contributed by atoms with van der Waals surface area (Å²) in [5, 5.41) is 17.1. The average molecular weight is 360 g/mol. The minimum atomic E-state index is -1.02. The summed E-state index contributed by atoms with van der Waals surface area (Å²) in [6, 6.07) is 11.1. The van der Waals surface area contributed by atoms with Gasteiger partial charge in [0.05, 0.1) is 36.5 Å². The molecule has 0 fully saturated rings. The Labute approximate surface area is 148 Å². The molecule has 2 aromatic carbocycles. The predicted molar refractivity (Wildman–Crippen MR) is 89.5 cm³/mol. The van der Waals surface area contributed by atoms with Crippen LogP contribution in [0.1, 0.15) is 41.4 Å². The van der Waals surface area contributed by atoms with Crippen molar-refractivity contribution in [1.29, 1.82) is 0 Å². The van der Waals surface area contributed by atoms with E-state index in [4.69, 9.17) is 10.2 Å². The first-order chi connectivity index (χ1) is 12.3. The Morgan fingerprint density at radius 3 is 1.00 bits per heavy atom. The molecule has 8 nitrogen and oxygen atoms in total. The fourth-order valence-electron chi connectivity index (χ4n) is 1.73. The molecule has 0 bridgehead atoms. The minimum Gasteiger partial charge on any atom is -0.478 e. The number of carboxylic acid groups (broad SMARTS) is 2. The molecule has 136 valence electrons. The number of hydrogen-bond donors (Lipinski definition) is 2. The second-order valence-electron chi connectivity index (χ2n) is 4.75. The monoisotopic (exact) mass is 360 g/mol. The quantitative estimate of drug-likeness (QED) is 0.795. The maximum Gasteiger partial charge on any atom is 0.337 e. The Balaban J connectivity index is 0.000000260. The second kappa shape index (κ2) is 9.58. The highest BCUT2D eigenvalue weighted by atomic mass is 16.5. The topological polar surface area (TPSA) is 127 Å². The van der Waals surface area contributed by atoms with Crippen molar-refractivity contribution in [3.63, 3.8) is 0 Å². The van der Waals surface area contributed by atoms with E-state index in [-0.39, 0.29) is 11.1 Å². The highest BCUT2D eigenvalue weighted by Crippen LogP contribution is 2.06. The molecular weight excluding hydrogens is 344 g/mol. The van der Waals surface area contributed by atoms with Crippen LogP contribution >= 0.6 is 0 Å². The van der Waals surface area contributed by atoms with Crippen LogP contribution in [0.4, 0.5) is 0 Å². The van der Waals surface area contributed by atoms with Gasteiger partial charge in [0, 0.05) is 0 Å². The van der Waals surface area contributed by atoms with Crippen LogP contribution in [-0.4, -0.2) is 48.3 Å². The van der Waals surface area contributed by atoms with Crippen molar-refractivity contribution in [2.75, 3.05) is 14.2 Å². The average Bonchev–Trinajstić information content (AvgIpc) is 2.67. The Morgan fingerprint density at radius 1 is 0.577 bits per heavy atom. The molecule has 26 heavy (non-hydrogen) atoms. The third kappa shape index (κ3) is 5.75. The van der Waals surface area contributed by atoms with E-state index < -0.39 is 23.9 Å². The molecule has 0 aromatic heterocycles.